The van der Waals surface area contributed by atoms with Crippen LogP contribution in [0.4, 0.5) is 0 Å². The van der Waals surface area contributed by atoms with Gasteiger partial charge in [-0.3, -0.25) is 0 Å². The molecule has 2 heterocycles. The van der Waals surface area contributed by atoms with Gasteiger partial charge < -0.3 is 4.74 Å². The van der Waals surface area contributed by atoms with Crippen LogP contribution in [0.15, 0.2) is 39.4 Å². The Morgan fingerprint density at radius 1 is 1.32 bits per heavy atom. The number of carbonyl (C=O) groups excluding carboxylic acids is 1. The third-order valence-electron chi connectivity index (χ3n) is 3.52. The van der Waals surface area contributed by atoms with Gasteiger partial charge >= 0.3 is 5.97 Å². The van der Waals surface area contributed by atoms with Crippen LogP contribution in [0, 0.1) is 12.8 Å². The minimum atomic E-state index is -3.94. The van der Waals surface area contributed by atoms with Crippen LogP contribution >= 0.6 is 0 Å². The maximum absolute atomic E-state index is 12.7. The molecule has 0 aromatic heterocycles. The van der Waals surface area contributed by atoms with E-state index < -0.39 is 26.6 Å². The molecule has 2 aliphatic rings. The highest BCUT2D eigenvalue weighted by Crippen LogP contribution is 2.43. The van der Waals surface area contributed by atoms with Gasteiger partial charge in [-0.05, 0) is 19.1 Å². The van der Waals surface area contributed by atoms with Gasteiger partial charge in [0, 0.05) is 0 Å². The molecule has 2 aliphatic heterocycles. The molecule has 19 heavy (non-hydrogen) atoms. The van der Waals surface area contributed by atoms with Crippen LogP contribution in [0.3, 0.4) is 0 Å². The summed E-state index contributed by atoms with van der Waals surface area (Å²) in [6, 6.07) is 6.33. The zero-order chi connectivity index (χ0) is 13.7. The molecule has 1 saturated heterocycles. The van der Waals surface area contributed by atoms with Gasteiger partial charge in [0.25, 0.3) is 4.87 Å². The molecule has 1 aromatic rings. The SMILES string of the molecule is Cc1ccc(S(=O)(=O)C23N=NCC2COC3=O)cc1. The van der Waals surface area contributed by atoms with Crippen molar-refractivity contribution in [3.8, 4) is 0 Å². The van der Waals surface area contributed by atoms with Crippen molar-refractivity contribution in [3.63, 3.8) is 0 Å². The molecular formula is C12H12N2O4S. The number of aryl methyl sites for hydroxylation is 1. The highest BCUT2D eigenvalue weighted by atomic mass is 32.2. The van der Waals surface area contributed by atoms with Crippen molar-refractivity contribution >= 4 is 15.8 Å². The molecule has 2 unspecified atom stereocenters. The summed E-state index contributed by atoms with van der Waals surface area (Å²) in [4.78, 5) is 10.1. The van der Waals surface area contributed by atoms with Crippen molar-refractivity contribution in [1.29, 1.82) is 0 Å². The number of cyclic esters (lactones) is 1. The van der Waals surface area contributed by atoms with Crippen molar-refractivity contribution in [2.45, 2.75) is 16.7 Å². The number of esters is 1. The Morgan fingerprint density at radius 2 is 2.00 bits per heavy atom. The van der Waals surface area contributed by atoms with E-state index in [0.29, 0.717) is 0 Å². The molecule has 0 N–H and O–H groups in total. The molecule has 0 saturated carbocycles. The minimum absolute atomic E-state index is 0.0525. The molecule has 0 spiro atoms. The van der Waals surface area contributed by atoms with Crippen LogP contribution in [0.25, 0.3) is 0 Å². The molecule has 0 amide bonds. The molecule has 1 aromatic carbocycles. The van der Waals surface area contributed by atoms with Gasteiger partial charge in [0.15, 0.2) is 0 Å². The van der Waals surface area contributed by atoms with E-state index in [-0.39, 0.29) is 18.0 Å². The quantitative estimate of drug-likeness (QED) is 0.759. The fourth-order valence-corrected chi connectivity index (χ4v) is 4.26. The lowest BCUT2D eigenvalue weighted by Crippen LogP contribution is -2.45. The zero-order valence-corrected chi connectivity index (χ0v) is 11.1. The van der Waals surface area contributed by atoms with Crippen LogP contribution in [0.1, 0.15) is 5.56 Å². The Bertz CT molecular complexity index is 665. The number of hydrogen-bond acceptors (Lipinski definition) is 6. The van der Waals surface area contributed by atoms with E-state index in [4.69, 9.17) is 4.74 Å². The number of rotatable bonds is 2. The Hall–Kier alpha value is -1.76. The van der Waals surface area contributed by atoms with E-state index in [1.807, 2.05) is 6.92 Å². The van der Waals surface area contributed by atoms with Crippen LogP contribution < -0.4 is 0 Å². The minimum Gasteiger partial charge on any atom is -0.463 e. The Morgan fingerprint density at radius 3 is 2.68 bits per heavy atom. The van der Waals surface area contributed by atoms with Gasteiger partial charge in [-0.1, -0.05) is 17.7 Å². The maximum Gasteiger partial charge on any atom is 0.352 e. The van der Waals surface area contributed by atoms with Gasteiger partial charge in [-0.25, -0.2) is 13.2 Å². The van der Waals surface area contributed by atoms with Crippen molar-refractivity contribution in [2.24, 2.45) is 16.1 Å². The van der Waals surface area contributed by atoms with Gasteiger partial charge in [0.1, 0.15) is 6.61 Å². The van der Waals surface area contributed by atoms with Gasteiger partial charge in [-0.2, -0.15) is 10.2 Å². The van der Waals surface area contributed by atoms with Crippen molar-refractivity contribution in [1.82, 2.24) is 0 Å². The normalized spacial score (nSPS) is 29.3. The number of carbonyl (C=O) groups is 1. The van der Waals surface area contributed by atoms with Crippen molar-refractivity contribution in [3.05, 3.63) is 29.8 Å². The fourth-order valence-electron chi connectivity index (χ4n) is 2.38. The third kappa shape index (κ3) is 1.48. The average Bonchev–Trinajstić information content (AvgIpc) is 2.92. The van der Waals surface area contributed by atoms with Crippen LogP contribution in [0.5, 0.6) is 0 Å². The third-order valence-corrected chi connectivity index (χ3v) is 5.82. The molecule has 0 bridgehead atoms. The lowest BCUT2D eigenvalue weighted by molar-refractivity contribution is -0.140. The van der Waals surface area contributed by atoms with Gasteiger partial charge in [0.2, 0.25) is 9.84 Å². The van der Waals surface area contributed by atoms with Gasteiger partial charge in [-0.15, -0.1) is 0 Å². The van der Waals surface area contributed by atoms with E-state index in [1.54, 1.807) is 12.1 Å². The van der Waals surface area contributed by atoms with E-state index in [2.05, 4.69) is 10.2 Å². The second-order valence-corrected chi connectivity index (χ2v) is 6.83. The predicted molar refractivity (Wildman–Crippen MR) is 65.3 cm³/mol. The van der Waals surface area contributed by atoms with Crippen LogP contribution in [-0.2, 0) is 19.4 Å². The number of fused-ring (bicyclic) bond motifs is 1. The van der Waals surface area contributed by atoms with Crippen molar-refractivity contribution < 1.29 is 17.9 Å². The Balaban J connectivity index is 2.17. The summed E-state index contributed by atoms with van der Waals surface area (Å²) in [6.07, 6.45) is 0. The predicted octanol–water partition coefficient (Wildman–Crippen LogP) is 1.10. The number of azo groups is 1. The summed E-state index contributed by atoms with van der Waals surface area (Å²) in [6.45, 7) is 2.12. The Labute approximate surface area is 110 Å². The zero-order valence-electron chi connectivity index (χ0n) is 10.2. The Kier molecular flexibility index (Phi) is 2.50. The lowest BCUT2D eigenvalue weighted by Gasteiger charge is -2.20. The standard InChI is InChI=1S/C12H12N2O4S/c1-8-2-4-10(5-3-8)19(16,17)12-9(6-13-14-12)7-18-11(12)15/h2-5,9H,6-7H2,1H3. The first-order valence-corrected chi connectivity index (χ1v) is 7.34. The summed E-state index contributed by atoms with van der Waals surface area (Å²) in [7, 11) is -3.94. The molecule has 6 nitrogen and oxygen atoms in total. The summed E-state index contributed by atoms with van der Waals surface area (Å²) in [5.74, 6) is -1.34. The monoisotopic (exact) mass is 280 g/mol. The topological polar surface area (TPSA) is 85.2 Å². The first kappa shape index (κ1) is 12.3. The van der Waals surface area contributed by atoms with E-state index >= 15 is 0 Å². The first-order valence-electron chi connectivity index (χ1n) is 5.85. The molecule has 0 radical (unpaired) electrons. The number of nitrogens with zero attached hydrogens (tertiary/aromatic N) is 2. The second kappa shape index (κ2) is 3.86. The molecule has 1 fully saturated rings. The van der Waals surface area contributed by atoms with E-state index in [0.717, 1.165) is 5.56 Å². The summed E-state index contributed by atoms with van der Waals surface area (Å²) < 4.78 is 30.3. The molecule has 3 rings (SSSR count). The number of hydrogen-bond donors (Lipinski definition) is 0. The van der Waals surface area contributed by atoms with E-state index in [9.17, 15) is 13.2 Å². The highest BCUT2D eigenvalue weighted by Gasteiger charge is 2.65. The molecular weight excluding hydrogens is 268 g/mol. The summed E-state index contributed by atoms with van der Waals surface area (Å²) in [5.41, 5.74) is 0.940. The summed E-state index contributed by atoms with van der Waals surface area (Å²) >= 11 is 0. The molecule has 7 heteroatoms. The van der Waals surface area contributed by atoms with Crippen LogP contribution in [-0.4, -0.2) is 32.4 Å². The smallest absolute Gasteiger partial charge is 0.352 e. The second-order valence-electron chi connectivity index (χ2n) is 4.73. The largest absolute Gasteiger partial charge is 0.463 e. The van der Waals surface area contributed by atoms with Crippen molar-refractivity contribution in [2.75, 3.05) is 13.2 Å². The van der Waals surface area contributed by atoms with Crippen LogP contribution in [0.2, 0.25) is 0 Å². The summed E-state index contributed by atoms with van der Waals surface area (Å²) in [5, 5.41) is 7.49. The molecule has 2 atom stereocenters. The van der Waals surface area contributed by atoms with Gasteiger partial charge in [0.05, 0.1) is 17.4 Å². The first-order chi connectivity index (χ1) is 8.98. The molecule has 100 valence electrons. The number of sulfone groups is 1. The fraction of sp³-hybridized carbons (Fsp3) is 0.417. The van der Waals surface area contributed by atoms with E-state index in [1.165, 1.54) is 12.1 Å². The maximum atomic E-state index is 12.7. The highest BCUT2D eigenvalue weighted by molar-refractivity contribution is 7.93. The lowest BCUT2D eigenvalue weighted by atomic mass is 10.1. The molecule has 0 aliphatic carbocycles. The number of ether oxygens (including phenoxy) is 1. The average molecular weight is 280 g/mol. The number of benzene rings is 1.